The second-order valence-corrected chi connectivity index (χ2v) is 3.60. The van der Waals surface area contributed by atoms with Crippen LogP contribution in [0.1, 0.15) is 26.0 Å². The summed E-state index contributed by atoms with van der Waals surface area (Å²) in [6.07, 6.45) is 3.96. The maximum absolute atomic E-state index is 11.8. The molecule has 5 heteroatoms. The Morgan fingerprint density at radius 3 is 2.75 bits per heavy atom. The first kappa shape index (κ1) is 12.7. The Labute approximate surface area is 96.3 Å². The van der Waals surface area contributed by atoms with Gasteiger partial charge in [0.2, 0.25) is 5.91 Å². The van der Waals surface area contributed by atoms with Crippen molar-refractivity contribution >= 4 is 5.91 Å². The van der Waals surface area contributed by atoms with E-state index in [2.05, 4.69) is 4.98 Å². The third-order valence-corrected chi connectivity index (χ3v) is 2.69. The van der Waals surface area contributed by atoms with Crippen LogP contribution in [-0.2, 0) is 17.9 Å². The Kier molecular flexibility index (Phi) is 4.98. The summed E-state index contributed by atoms with van der Waals surface area (Å²) in [4.78, 5) is 17.6. The van der Waals surface area contributed by atoms with E-state index in [0.29, 0.717) is 19.5 Å². The quantitative estimate of drug-likeness (QED) is 0.769. The molecule has 5 nitrogen and oxygen atoms in total. The molecular weight excluding hydrogens is 204 g/mol. The van der Waals surface area contributed by atoms with Crippen molar-refractivity contribution in [2.75, 3.05) is 13.1 Å². The van der Waals surface area contributed by atoms with Crippen LogP contribution in [0.25, 0.3) is 0 Å². The van der Waals surface area contributed by atoms with Gasteiger partial charge >= 0.3 is 0 Å². The van der Waals surface area contributed by atoms with E-state index in [0.717, 1.165) is 18.8 Å². The summed E-state index contributed by atoms with van der Waals surface area (Å²) in [6.45, 7) is 6.63. The van der Waals surface area contributed by atoms with Crippen molar-refractivity contribution in [2.24, 2.45) is 5.73 Å². The lowest BCUT2D eigenvalue weighted by Crippen LogP contribution is -2.31. The van der Waals surface area contributed by atoms with Crippen molar-refractivity contribution in [1.29, 1.82) is 0 Å². The average Bonchev–Trinajstić information content (AvgIpc) is 2.75. The third-order valence-electron chi connectivity index (χ3n) is 2.69. The van der Waals surface area contributed by atoms with Gasteiger partial charge in [-0.05, 0) is 13.8 Å². The highest BCUT2D eigenvalue weighted by molar-refractivity contribution is 5.76. The largest absolute Gasteiger partial charge is 0.343 e. The van der Waals surface area contributed by atoms with Gasteiger partial charge in [0, 0.05) is 38.8 Å². The number of carbonyl (C=O) groups is 1. The van der Waals surface area contributed by atoms with E-state index in [4.69, 9.17) is 5.73 Å². The summed E-state index contributed by atoms with van der Waals surface area (Å²) in [5, 5.41) is 0. The van der Waals surface area contributed by atoms with Crippen LogP contribution in [0.2, 0.25) is 0 Å². The zero-order valence-electron chi connectivity index (χ0n) is 10.0. The number of imidazole rings is 1. The van der Waals surface area contributed by atoms with Crippen LogP contribution in [0.15, 0.2) is 12.5 Å². The van der Waals surface area contributed by atoms with Crippen LogP contribution in [0.4, 0.5) is 0 Å². The summed E-state index contributed by atoms with van der Waals surface area (Å²) in [7, 11) is 0. The summed E-state index contributed by atoms with van der Waals surface area (Å²) in [5.41, 5.74) is 6.52. The Balaban J connectivity index is 2.48. The van der Waals surface area contributed by atoms with Crippen LogP contribution in [-0.4, -0.2) is 33.4 Å². The lowest BCUT2D eigenvalue weighted by Gasteiger charge is -2.18. The number of amides is 1. The van der Waals surface area contributed by atoms with Crippen molar-refractivity contribution in [1.82, 2.24) is 14.5 Å². The van der Waals surface area contributed by atoms with Crippen LogP contribution >= 0.6 is 0 Å². The standard InChI is InChI=1S/C11H20N4O/c1-3-14(4-2)11(16)5-6-15-9-13-8-10(15)7-12/h8-9H,3-7,12H2,1-2H3. The van der Waals surface area contributed by atoms with Gasteiger partial charge in [-0.15, -0.1) is 0 Å². The zero-order valence-corrected chi connectivity index (χ0v) is 10.0. The Morgan fingerprint density at radius 1 is 1.50 bits per heavy atom. The Hall–Kier alpha value is -1.36. The normalized spacial score (nSPS) is 10.4. The highest BCUT2D eigenvalue weighted by Gasteiger charge is 2.09. The highest BCUT2D eigenvalue weighted by Crippen LogP contribution is 2.02. The Morgan fingerprint density at radius 2 is 2.19 bits per heavy atom. The zero-order chi connectivity index (χ0) is 12.0. The molecule has 0 aliphatic carbocycles. The van der Waals surface area contributed by atoms with Crippen LogP contribution in [0.5, 0.6) is 0 Å². The molecule has 90 valence electrons. The minimum absolute atomic E-state index is 0.182. The minimum atomic E-state index is 0.182. The van der Waals surface area contributed by atoms with E-state index in [1.54, 1.807) is 12.5 Å². The van der Waals surface area contributed by atoms with E-state index < -0.39 is 0 Å². The van der Waals surface area contributed by atoms with E-state index >= 15 is 0 Å². The van der Waals surface area contributed by atoms with E-state index in [1.165, 1.54) is 0 Å². The number of aryl methyl sites for hydroxylation is 1. The monoisotopic (exact) mass is 224 g/mol. The molecule has 0 atom stereocenters. The molecule has 0 aliphatic heterocycles. The number of carbonyl (C=O) groups excluding carboxylic acids is 1. The average molecular weight is 224 g/mol. The second kappa shape index (κ2) is 6.27. The number of nitrogens with zero attached hydrogens (tertiary/aromatic N) is 3. The molecule has 0 radical (unpaired) electrons. The van der Waals surface area contributed by atoms with Crippen molar-refractivity contribution < 1.29 is 4.79 Å². The molecule has 1 amide bonds. The first-order chi connectivity index (χ1) is 7.72. The van der Waals surface area contributed by atoms with E-state index in [1.807, 2.05) is 23.3 Å². The highest BCUT2D eigenvalue weighted by atomic mass is 16.2. The molecule has 0 fully saturated rings. The SMILES string of the molecule is CCN(CC)C(=O)CCn1cncc1CN. The molecule has 16 heavy (non-hydrogen) atoms. The molecule has 1 aromatic rings. The Bertz CT molecular complexity index is 330. The number of rotatable bonds is 6. The van der Waals surface area contributed by atoms with Crippen LogP contribution in [0.3, 0.4) is 0 Å². The van der Waals surface area contributed by atoms with Crippen molar-refractivity contribution in [3.8, 4) is 0 Å². The molecule has 0 spiro atoms. The second-order valence-electron chi connectivity index (χ2n) is 3.60. The molecule has 1 aromatic heterocycles. The van der Waals surface area contributed by atoms with Gasteiger partial charge in [0.15, 0.2) is 0 Å². The molecule has 0 unspecified atom stereocenters. The molecule has 1 heterocycles. The number of nitrogens with two attached hydrogens (primary N) is 1. The predicted molar refractivity (Wildman–Crippen MR) is 62.7 cm³/mol. The molecule has 2 N–H and O–H groups in total. The van der Waals surface area contributed by atoms with Gasteiger partial charge in [-0.25, -0.2) is 4.98 Å². The van der Waals surface area contributed by atoms with Gasteiger partial charge in [-0.2, -0.15) is 0 Å². The van der Waals surface area contributed by atoms with Crippen LogP contribution < -0.4 is 5.73 Å². The topological polar surface area (TPSA) is 64.2 Å². The smallest absolute Gasteiger partial charge is 0.224 e. The summed E-state index contributed by atoms with van der Waals surface area (Å²) in [5.74, 6) is 0.182. The fourth-order valence-corrected chi connectivity index (χ4v) is 1.67. The van der Waals surface area contributed by atoms with Crippen molar-refractivity contribution in [3.05, 3.63) is 18.2 Å². The van der Waals surface area contributed by atoms with Crippen molar-refractivity contribution in [3.63, 3.8) is 0 Å². The summed E-state index contributed by atoms with van der Waals surface area (Å²) in [6, 6.07) is 0. The van der Waals surface area contributed by atoms with Gasteiger partial charge in [0.1, 0.15) is 0 Å². The predicted octanol–water partition coefficient (Wildman–Crippen LogP) is 0.600. The summed E-state index contributed by atoms with van der Waals surface area (Å²) < 4.78 is 1.93. The van der Waals surface area contributed by atoms with E-state index in [9.17, 15) is 4.79 Å². The van der Waals surface area contributed by atoms with Gasteiger partial charge in [0.25, 0.3) is 0 Å². The number of hydrogen-bond acceptors (Lipinski definition) is 3. The number of hydrogen-bond donors (Lipinski definition) is 1. The number of aromatic nitrogens is 2. The molecule has 1 rings (SSSR count). The lowest BCUT2D eigenvalue weighted by molar-refractivity contribution is -0.131. The van der Waals surface area contributed by atoms with Crippen molar-refractivity contribution in [2.45, 2.75) is 33.4 Å². The maximum Gasteiger partial charge on any atom is 0.224 e. The molecule has 0 bridgehead atoms. The first-order valence-corrected chi connectivity index (χ1v) is 5.69. The molecule has 0 aliphatic rings. The third kappa shape index (κ3) is 3.06. The molecular formula is C11H20N4O. The molecule has 0 saturated carbocycles. The van der Waals surface area contributed by atoms with Gasteiger partial charge in [-0.1, -0.05) is 0 Å². The van der Waals surface area contributed by atoms with Gasteiger partial charge in [0.05, 0.1) is 12.0 Å². The van der Waals surface area contributed by atoms with E-state index in [-0.39, 0.29) is 5.91 Å². The van der Waals surface area contributed by atoms with Crippen LogP contribution in [0, 0.1) is 0 Å². The minimum Gasteiger partial charge on any atom is -0.343 e. The fourth-order valence-electron chi connectivity index (χ4n) is 1.67. The first-order valence-electron chi connectivity index (χ1n) is 5.69. The van der Waals surface area contributed by atoms with Gasteiger partial charge < -0.3 is 15.2 Å². The van der Waals surface area contributed by atoms with Gasteiger partial charge in [-0.3, -0.25) is 4.79 Å². The lowest BCUT2D eigenvalue weighted by atomic mass is 10.3. The maximum atomic E-state index is 11.8. The summed E-state index contributed by atoms with van der Waals surface area (Å²) >= 11 is 0. The fraction of sp³-hybridized carbons (Fsp3) is 0.636. The molecule has 0 saturated heterocycles. The molecule has 0 aromatic carbocycles.